The summed E-state index contributed by atoms with van der Waals surface area (Å²) in [7, 11) is 0. The quantitative estimate of drug-likeness (QED) is 0.490. The Bertz CT molecular complexity index is 430. The zero-order chi connectivity index (χ0) is 16.4. The monoisotopic (exact) mass is 271 g/mol. The summed E-state index contributed by atoms with van der Waals surface area (Å²) in [6.07, 6.45) is 3.01. The first-order valence-corrected chi connectivity index (χ1v) is 5.56. The molecule has 20 heavy (non-hydrogen) atoms. The molecule has 0 fully saturated rings. The minimum Gasteiger partial charge on any atom is -0.478 e. The number of nitrogens with zero attached hydrogens (tertiary/aromatic N) is 1. The summed E-state index contributed by atoms with van der Waals surface area (Å²) >= 11 is 0. The van der Waals surface area contributed by atoms with Gasteiger partial charge in [-0.05, 0) is 12.5 Å². The van der Waals surface area contributed by atoms with Crippen LogP contribution in [0.25, 0.3) is 6.08 Å². The van der Waals surface area contributed by atoms with Crippen LogP contribution in [0.5, 0.6) is 0 Å². The van der Waals surface area contributed by atoms with E-state index in [1.807, 2.05) is 36.4 Å². The fraction of sp³-hybridized carbons (Fsp3) is 0.0588. The number of carbonyl (C=O) groups is 1. The number of aliphatic carboxylic acids is 1. The van der Waals surface area contributed by atoms with E-state index in [1.54, 1.807) is 6.07 Å². The maximum Gasteiger partial charge on any atom is 0.330 e. The molecule has 0 saturated heterocycles. The van der Waals surface area contributed by atoms with Crippen LogP contribution < -0.4 is 0 Å². The molecule has 0 atom stereocenters. The lowest BCUT2D eigenvalue weighted by Crippen LogP contribution is -1.92. The second-order valence-corrected chi connectivity index (χ2v) is 3.03. The largest absolute Gasteiger partial charge is 0.478 e. The zero-order valence-electron chi connectivity index (χ0n) is 11.9. The first-order chi connectivity index (χ1) is 9.49. The maximum absolute atomic E-state index is 9.60. The Kier molecular flexibility index (Phi) is 20.7. The first kappa shape index (κ1) is 22.3. The van der Waals surface area contributed by atoms with Crippen molar-refractivity contribution in [1.29, 1.82) is 5.26 Å². The minimum absolute atomic E-state index is 0.176. The fourth-order valence-electron chi connectivity index (χ4n) is 0.589. The summed E-state index contributed by atoms with van der Waals surface area (Å²) in [5.41, 5.74) is 1.35. The molecule has 1 aromatic rings. The maximum atomic E-state index is 9.60. The standard InChI is InChI=1S/C8H8.C4H6O2.C3H3N.C2H4/c1-2-8-6-4-3-5-7-8;1-3(2)4(5)6;1-2-3-4;1-2/h2-7H,1H2;1H2,2H3,(H,5,6);2H,1H2;1-2H2. The van der Waals surface area contributed by atoms with E-state index < -0.39 is 5.97 Å². The Labute approximate surface area is 121 Å². The molecule has 3 heteroatoms. The first-order valence-electron chi connectivity index (χ1n) is 5.56. The molecular weight excluding hydrogens is 250 g/mol. The molecule has 0 aromatic heterocycles. The van der Waals surface area contributed by atoms with Gasteiger partial charge in [-0.2, -0.15) is 5.26 Å². The second kappa shape index (κ2) is 18.5. The third-order valence-electron chi connectivity index (χ3n) is 1.49. The second-order valence-electron chi connectivity index (χ2n) is 3.03. The van der Waals surface area contributed by atoms with E-state index in [2.05, 4.69) is 32.9 Å². The van der Waals surface area contributed by atoms with Crippen LogP contribution in [0, 0.1) is 11.3 Å². The summed E-state index contributed by atoms with van der Waals surface area (Å²) in [6, 6.07) is 11.7. The van der Waals surface area contributed by atoms with Gasteiger partial charge in [-0.1, -0.05) is 56.1 Å². The SMILES string of the molecule is C=C.C=C(C)C(=O)O.C=CC#N.C=Cc1ccccc1. The Morgan fingerprint density at radius 3 is 1.75 bits per heavy atom. The minimum atomic E-state index is -0.935. The summed E-state index contributed by atoms with van der Waals surface area (Å²) in [4.78, 5) is 9.60. The summed E-state index contributed by atoms with van der Waals surface area (Å²) in [6.45, 7) is 17.4. The summed E-state index contributed by atoms with van der Waals surface area (Å²) in [5.74, 6) is -0.935. The highest BCUT2D eigenvalue weighted by atomic mass is 16.4. The van der Waals surface area contributed by atoms with Crippen molar-refractivity contribution in [3.63, 3.8) is 0 Å². The van der Waals surface area contributed by atoms with Crippen molar-refractivity contribution in [2.45, 2.75) is 6.92 Å². The molecule has 0 aliphatic heterocycles. The van der Waals surface area contributed by atoms with Gasteiger partial charge in [-0.15, -0.1) is 13.2 Å². The molecule has 3 nitrogen and oxygen atoms in total. The van der Waals surface area contributed by atoms with Crippen LogP contribution in [0.4, 0.5) is 0 Å². The van der Waals surface area contributed by atoms with Gasteiger partial charge in [0.2, 0.25) is 0 Å². The van der Waals surface area contributed by atoms with Gasteiger partial charge in [0.15, 0.2) is 0 Å². The molecule has 106 valence electrons. The van der Waals surface area contributed by atoms with E-state index in [-0.39, 0.29) is 5.57 Å². The molecule has 0 saturated carbocycles. The van der Waals surface area contributed by atoms with Gasteiger partial charge in [-0.25, -0.2) is 4.79 Å². The van der Waals surface area contributed by atoms with E-state index >= 15 is 0 Å². The van der Waals surface area contributed by atoms with Gasteiger partial charge >= 0.3 is 5.97 Å². The van der Waals surface area contributed by atoms with Crippen molar-refractivity contribution >= 4 is 12.0 Å². The van der Waals surface area contributed by atoms with Crippen LogP contribution in [0.1, 0.15) is 12.5 Å². The number of benzene rings is 1. The molecule has 0 aliphatic rings. The number of rotatable bonds is 2. The third kappa shape index (κ3) is 20.5. The molecule has 0 amide bonds. The van der Waals surface area contributed by atoms with Crippen LogP contribution in [0.15, 0.2) is 74.9 Å². The van der Waals surface area contributed by atoms with E-state index in [0.29, 0.717) is 0 Å². The predicted molar refractivity (Wildman–Crippen MR) is 86.0 cm³/mol. The molecule has 0 bridgehead atoms. The number of carboxylic acids is 1. The Morgan fingerprint density at radius 1 is 1.25 bits per heavy atom. The molecule has 0 heterocycles. The van der Waals surface area contributed by atoms with Crippen LogP contribution in [0.2, 0.25) is 0 Å². The molecule has 1 aromatic carbocycles. The normalized spacial score (nSPS) is 6.60. The van der Waals surface area contributed by atoms with Gasteiger partial charge in [0.25, 0.3) is 0 Å². The number of hydrogen-bond donors (Lipinski definition) is 1. The Morgan fingerprint density at radius 2 is 1.60 bits per heavy atom. The van der Waals surface area contributed by atoms with Crippen molar-refractivity contribution in [3.05, 3.63) is 80.4 Å². The van der Waals surface area contributed by atoms with Crippen LogP contribution in [-0.2, 0) is 4.79 Å². The molecule has 0 unspecified atom stereocenters. The molecule has 0 radical (unpaired) electrons. The van der Waals surface area contributed by atoms with Crippen molar-refractivity contribution in [2.24, 2.45) is 0 Å². The van der Waals surface area contributed by atoms with E-state index in [0.717, 1.165) is 0 Å². The highest BCUT2D eigenvalue weighted by Crippen LogP contribution is 1.97. The molecule has 1 rings (SSSR count). The lowest BCUT2D eigenvalue weighted by atomic mass is 10.2. The van der Waals surface area contributed by atoms with Crippen molar-refractivity contribution in [1.82, 2.24) is 0 Å². The Hall–Kier alpha value is -2.86. The fourth-order valence-corrected chi connectivity index (χ4v) is 0.589. The lowest BCUT2D eigenvalue weighted by Gasteiger charge is -1.85. The molecule has 0 aliphatic carbocycles. The summed E-state index contributed by atoms with van der Waals surface area (Å²) in [5, 5.41) is 15.4. The predicted octanol–water partition coefficient (Wildman–Crippen LogP) is 4.47. The van der Waals surface area contributed by atoms with Crippen LogP contribution in [0.3, 0.4) is 0 Å². The van der Waals surface area contributed by atoms with Crippen LogP contribution >= 0.6 is 0 Å². The highest BCUT2D eigenvalue weighted by Gasteiger charge is 1.90. The summed E-state index contributed by atoms with van der Waals surface area (Å²) < 4.78 is 0. The van der Waals surface area contributed by atoms with E-state index in [4.69, 9.17) is 10.4 Å². The molecule has 1 N–H and O–H groups in total. The van der Waals surface area contributed by atoms with Crippen molar-refractivity contribution in [3.8, 4) is 6.07 Å². The van der Waals surface area contributed by atoms with Gasteiger partial charge < -0.3 is 5.11 Å². The molecular formula is C17H21NO2. The van der Waals surface area contributed by atoms with Gasteiger partial charge in [0, 0.05) is 11.6 Å². The topological polar surface area (TPSA) is 61.1 Å². The number of carboxylic acid groups (broad SMARTS) is 1. The average molecular weight is 271 g/mol. The number of hydrogen-bond acceptors (Lipinski definition) is 2. The van der Waals surface area contributed by atoms with Crippen molar-refractivity contribution < 1.29 is 9.90 Å². The van der Waals surface area contributed by atoms with Crippen molar-refractivity contribution in [2.75, 3.05) is 0 Å². The van der Waals surface area contributed by atoms with E-state index in [1.165, 1.54) is 18.6 Å². The van der Waals surface area contributed by atoms with Gasteiger partial charge in [0.05, 0.1) is 6.07 Å². The van der Waals surface area contributed by atoms with Gasteiger partial charge in [-0.3, -0.25) is 0 Å². The van der Waals surface area contributed by atoms with Gasteiger partial charge in [0.1, 0.15) is 0 Å². The average Bonchev–Trinajstić information content (AvgIpc) is 2.51. The third-order valence-corrected chi connectivity index (χ3v) is 1.49. The molecule has 0 spiro atoms. The highest BCUT2D eigenvalue weighted by molar-refractivity contribution is 5.84. The van der Waals surface area contributed by atoms with Crippen LogP contribution in [-0.4, -0.2) is 11.1 Å². The smallest absolute Gasteiger partial charge is 0.330 e. The number of allylic oxidation sites excluding steroid dienone is 1. The lowest BCUT2D eigenvalue weighted by molar-refractivity contribution is -0.132. The zero-order valence-corrected chi connectivity index (χ0v) is 11.9. The van der Waals surface area contributed by atoms with E-state index in [9.17, 15) is 4.79 Å². The Balaban J connectivity index is -0.000000215. The number of nitriles is 1.